The molecule has 78 valence electrons. The van der Waals surface area contributed by atoms with Crippen molar-refractivity contribution >= 4 is 27.3 Å². The molecule has 1 aromatic carbocycles. The summed E-state index contributed by atoms with van der Waals surface area (Å²) >= 11 is 5.19. The van der Waals surface area contributed by atoms with Gasteiger partial charge in [-0.25, -0.2) is 4.98 Å². The summed E-state index contributed by atoms with van der Waals surface area (Å²) in [5, 5.41) is 4.19. The molecular formula is C11H11BrN2S. The Morgan fingerprint density at radius 2 is 2.07 bits per heavy atom. The highest BCUT2D eigenvalue weighted by Crippen LogP contribution is 2.30. The van der Waals surface area contributed by atoms with E-state index in [0.717, 1.165) is 16.2 Å². The smallest absolute Gasteiger partial charge is 0.124 e. The van der Waals surface area contributed by atoms with Gasteiger partial charge in [-0.2, -0.15) is 0 Å². The maximum atomic E-state index is 4.49. The van der Waals surface area contributed by atoms with Crippen LogP contribution in [-0.2, 0) is 6.54 Å². The van der Waals surface area contributed by atoms with Gasteiger partial charge in [0.1, 0.15) is 9.61 Å². The SMILES string of the molecule is CNCc1sc(-c2ccccc2)nc1Br. The third-order valence-corrected chi connectivity index (χ3v) is 4.03. The molecule has 2 rings (SSSR count). The molecule has 15 heavy (non-hydrogen) atoms. The second-order valence-corrected chi connectivity index (χ2v) is 4.96. The fourth-order valence-electron chi connectivity index (χ4n) is 1.31. The highest BCUT2D eigenvalue weighted by molar-refractivity contribution is 9.10. The first-order valence-corrected chi connectivity index (χ1v) is 6.27. The Hall–Kier alpha value is -0.710. The van der Waals surface area contributed by atoms with E-state index in [2.05, 4.69) is 38.4 Å². The van der Waals surface area contributed by atoms with Gasteiger partial charge >= 0.3 is 0 Å². The Balaban J connectivity index is 2.34. The van der Waals surface area contributed by atoms with Crippen molar-refractivity contribution in [1.29, 1.82) is 0 Å². The van der Waals surface area contributed by atoms with Gasteiger partial charge in [-0.3, -0.25) is 0 Å². The molecule has 1 N–H and O–H groups in total. The Kier molecular flexibility index (Phi) is 3.51. The predicted octanol–water partition coefficient (Wildman–Crippen LogP) is 3.29. The zero-order valence-corrected chi connectivity index (χ0v) is 10.7. The molecule has 0 fully saturated rings. The molecule has 2 aromatic rings. The molecule has 0 aliphatic carbocycles. The summed E-state index contributed by atoms with van der Waals surface area (Å²) in [6.45, 7) is 0.852. The standard InChI is InChI=1S/C11H11BrN2S/c1-13-7-9-10(12)14-11(15-9)8-5-3-2-4-6-8/h2-6,13H,7H2,1H3. The molecule has 0 amide bonds. The van der Waals surface area contributed by atoms with Gasteiger partial charge in [0, 0.05) is 12.1 Å². The van der Waals surface area contributed by atoms with Gasteiger partial charge in [0.25, 0.3) is 0 Å². The van der Waals surface area contributed by atoms with Gasteiger partial charge in [-0.1, -0.05) is 30.3 Å². The minimum atomic E-state index is 0.852. The average Bonchev–Trinajstić information content (AvgIpc) is 2.63. The first-order chi connectivity index (χ1) is 7.31. The normalized spacial score (nSPS) is 10.5. The second-order valence-electron chi connectivity index (χ2n) is 3.13. The summed E-state index contributed by atoms with van der Waals surface area (Å²) in [5.41, 5.74) is 1.17. The Morgan fingerprint density at radius 3 is 2.73 bits per heavy atom. The number of rotatable bonds is 3. The maximum Gasteiger partial charge on any atom is 0.124 e. The van der Waals surface area contributed by atoms with Crippen LogP contribution in [0.2, 0.25) is 0 Å². The largest absolute Gasteiger partial charge is 0.315 e. The summed E-state index contributed by atoms with van der Waals surface area (Å²) in [7, 11) is 1.94. The highest BCUT2D eigenvalue weighted by atomic mass is 79.9. The van der Waals surface area contributed by atoms with Crippen molar-refractivity contribution in [2.24, 2.45) is 0 Å². The first kappa shape index (κ1) is 10.8. The lowest BCUT2D eigenvalue weighted by Gasteiger charge is -1.93. The summed E-state index contributed by atoms with van der Waals surface area (Å²) in [6.07, 6.45) is 0. The van der Waals surface area contributed by atoms with E-state index in [1.165, 1.54) is 10.4 Å². The summed E-state index contributed by atoms with van der Waals surface area (Å²) < 4.78 is 0.945. The van der Waals surface area contributed by atoms with Crippen molar-refractivity contribution in [3.63, 3.8) is 0 Å². The number of hydrogen-bond acceptors (Lipinski definition) is 3. The Labute approximate surface area is 101 Å². The fraction of sp³-hybridized carbons (Fsp3) is 0.182. The lowest BCUT2D eigenvalue weighted by atomic mass is 10.2. The number of nitrogens with zero attached hydrogens (tertiary/aromatic N) is 1. The van der Waals surface area contributed by atoms with E-state index < -0.39 is 0 Å². The number of hydrogen-bond donors (Lipinski definition) is 1. The number of nitrogens with one attached hydrogen (secondary N) is 1. The molecule has 4 heteroatoms. The van der Waals surface area contributed by atoms with E-state index in [1.54, 1.807) is 11.3 Å². The zero-order chi connectivity index (χ0) is 10.7. The third kappa shape index (κ3) is 2.45. The second kappa shape index (κ2) is 4.88. The molecule has 0 radical (unpaired) electrons. The number of thiazole rings is 1. The van der Waals surface area contributed by atoms with Gasteiger partial charge in [-0.15, -0.1) is 11.3 Å². The van der Waals surface area contributed by atoms with Crippen LogP contribution in [0.4, 0.5) is 0 Å². The van der Waals surface area contributed by atoms with Crippen LogP contribution in [0.5, 0.6) is 0 Å². The quantitative estimate of drug-likeness (QED) is 0.935. The van der Waals surface area contributed by atoms with Crippen LogP contribution in [0.1, 0.15) is 4.88 Å². The van der Waals surface area contributed by atoms with E-state index in [-0.39, 0.29) is 0 Å². The van der Waals surface area contributed by atoms with Gasteiger partial charge in [-0.05, 0) is 23.0 Å². The molecule has 0 bridgehead atoms. The average molecular weight is 283 g/mol. The molecule has 0 atom stereocenters. The molecule has 0 saturated heterocycles. The monoisotopic (exact) mass is 282 g/mol. The topological polar surface area (TPSA) is 24.9 Å². The highest BCUT2D eigenvalue weighted by Gasteiger charge is 2.08. The van der Waals surface area contributed by atoms with E-state index >= 15 is 0 Å². The minimum absolute atomic E-state index is 0.852. The fourth-order valence-corrected chi connectivity index (χ4v) is 2.96. The molecule has 0 aliphatic rings. The first-order valence-electron chi connectivity index (χ1n) is 4.66. The lowest BCUT2D eigenvalue weighted by molar-refractivity contribution is 0.825. The van der Waals surface area contributed by atoms with E-state index in [1.807, 2.05) is 25.2 Å². The van der Waals surface area contributed by atoms with Crippen molar-refractivity contribution in [1.82, 2.24) is 10.3 Å². The van der Waals surface area contributed by atoms with Crippen LogP contribution < -0.4 is 5.32 Å². The lowest BCUT2D eigenvalue weighted by Crippen LogP contribution is -2.03. The molecule has 1 aromatic heterocycles. The third-order valence-electron chi connectivity index (χ3n) is 2.01. The molecule has 2 nitrogen and oxygen atoms in total. The zero-order valence-electron chi connectivity index (χ0n) is 8.33. The van der Waals surface area contributed by atoms with Crippen LogP contribution in [0.3, 0.4) is 0 Å². The number of benzene rings is 1. The molecule has 0 spiro atoms. The molecule has 0 aliphatic heterocycles. The minimum Gasteiger partial charge on any atom is -0.315 e. The van der Waals surface area contributed by atoms with Crippen LogP contribution in [-0.4, -0.2) is 12.0 Å². The van der Waals surface area contributed by atoms with Crippen molar-refractivity contribution in [3.05, 3.63) is 39.8 Å². The van der Waals surface area contributed by atoms with Gasteiger partial charge in [0.05, 0.1) is 4.88 Å². The summed E-state index contributed by atoms with van der Waals surface area (Å²) in [4.78, 5) is 5.73. The van der Waals surface area contributed by atoms with Gasteiger partial charge in [0.15, 0.2) is 0 Å². The number of halogens is 1. The molecular weight excluding hydrogens is 272 g/mol. The molecule has 0 saturated carbocycles. The van der Waals surface area contributed by atoms with Crippen molar-refractivity contribution in [2.45, 2.75) is 6.54 Å². The van der Waals surface area contributed by atoms with E-state index in [4.69, 9.17) is 0 Å². The molecule has 1 heterocycles. The van der Waals surface area contributed by atoms with Gasteiger partial charge < -0.3 is 5.32 Å². The van der Waals surface area contributed by atoms with Crippen molar-refractivity contribution in [2.75, 3.05) is 7.05 Å². The van der Waals surface area contributed by atoms with Crippen molar-refractivity contribution in [3.8, 4) is 10.6 Å². The summed E-state index contributed by atoms with van der Waals surface area (Å²) in [6, 6.07) is 10.2. The van der Waals surface area contributed by atoms with Crippen LogP contribution >= 0.6 is 27.3 Å². The van der Waals surface area contributed by atoms with E-state index in [9.17, 15) is 0 Å². The summed E-state index contributed by atoms with van der Waals surface area (Å²) in [5.74, 6) is 0. The van der Waals surface area contributed by atoms with E-state index in [0.29, 0.717) is 0 Å². The Morgan fingerprint density at radius 1 is 1.33 bits per heavy atom. The number of aromatic nitrogens is 1. The maximum absolute atomic E-state index is 4.49. The molecule has 0 unspecified atom stereocenters. The van der Waals surface area contributed by atoms with Crippen molar-refractivity contribution < 1.29 is 0 Å². The van der Waals surface area contributed by atoms with Crippen LogP contribution in [0.15, 0.2) is 34.9 Å². The predicted molar refractivity (Wildman–Crippen MR) is 68.0 cm³/mol. The van der Waals surface area contributed by atoms with Crippen LogP contribution in [0, 0.1) is 0 Å². The van der Waals surface area contributed by atoms with Gasteiger partial charge in [0.2, 0.25) is 0 Å². The Bertz CT molecular complexity index is 439. The van der Waals surface area contributed by atoms with Crippen LogP contribution in [0.25, 0.3) is 10.6 Å².